The molecule has 0 saturated heterocycles. The number of hydrogen-bond acceptors (Lipinski definition) is 5. The molecule has 1 rings (SSSR count). The molecule has 1 aromatic carbocycles. The normalized spacial score (nSPS) is 14.0. The molecule has 0 aliphatic heterocycles. The van der Waals surface area contributed by atoms with Gasteiger partial charge in [-0.2, -0.15) is 5.26 Å². The van der Waals surface area contributed by atoms with Crippen LogP contribution in [-0.4, -0.2) is 31.1 Å². The number of esters is 1. The first-order chi connectivity index (χ1) is 10.9. The molecule has 1 N–H and O–H groups in total. The van der Waals surface area contributed by atoms with E-state index >= 15 is 0 Å². The molecule has 0 spiro atoms. The monoisotopic (exact) mass is 318 g/mol. The van der Waals surface area contributed by atoms with Gasteiger partial charge in [0, 0.05) is 0 Å². The highest BCUT2D eigenvalue weighted by molar-refractivity contribution is 5.87. The fraction of sp³-hybridized carbons (Fsp3) is 0.471. The Labute approximate surface area is 136 Å². The van der Waals surface area contributed by atoms with Crippen LogP contribution in [0.2, 0.25) is 0 Å². The van der Waals surface area contributed by atoms with Crippen molar-refractivity contribution in [3.8, 4) is 11.8 Å². The highest BCUT2D eigenvalue weighted by atomic mass is 16.5. The molecule has 23 heavy (non-hydrogen) atoms. The summed E-state index contributed by atoms with van der Waals surface area (Å²) in [4.78, 5) is 24.1. The van der Waals surface area contributed by atoms with Crippen LogP contribution in [0.1, 0.15) is 32.8 Å². The number of ether oxygens (including phenoxy) is 2. The Kier molecular flexibility index (Phi) is 7.07. The topological polar surface area (TPSA) is 88.4 Å². The van der Waals surface area contributed by atoms with Crippen molar-refractivity contribution in [1.82, 2.24) is 5.32 Å². The molecule has 0 aromatic heterocycles. The minimum absolute atomic E-state index is 0.0648. The van der Waals surface area contributed by atoms with Gasteiger partial charge in [-0.15, -0.1) is 0 Å². The Balaban J connectivity index is 2.79. The van der Waals surface area contributed by atoms with Crippen LogP contribution < -0.4 is 10.1 Å². The van der Waals surface area contributed by atoms with Crippen LogP contribution in [0.4, 0.5) is 0 Å². The zero-order valence-corrected chi connectivity index (χ0v) is 13.8. The third-order valence-corrected chi connectivity index (χ3v) is 3.65. The maximum absolute atomic E-state index is 12.3. The van der Waals surface area contributed by atoms with E-state index in [-0.39, 0.29) is 5.92 Å². The lowest BCUT2D eigenvalue weighted by atomic mass is 9.99. The summed E-state index contributed by atoms with van der Waals surface area (Å²) >= 11 is 0. The predicted molar refractivity (Wildman–Crippen MR) is 84.6 cm³/mol. The van der Waals surface area contributed by atoms with Gasteiger partial charge in [0.2, 0.25) is 0 Å². The lowest BCUT2D eigenvalue weighted by Crippen LogP contribution is -2.49. The maximum Gasteiger partial charge on any atom is 0.328 e. The molecule has 1 amide bonds. The van der Waals surface area contributed by atoms with Crippen molar-refractivity contribution in [1.29, 1.82) is 5.26 Å². The zero-order chi connectivity index (χ0) is 17.4. The maximum atomic E-state index is 12.3. The number of methoxy groups -OCH3 is 1. The molecule has 0 bridgehead atoms. The summed E-state index contributed by atoms with van der Waals surface area (Å²) in [6.07, 6.45) is -0.132. The molecule has 6 nitrogen and oxygen atoms in total. The minimum atomic E-state index is -0.847. The van der Waals surface area contributed by atoms with Crippen molar-refractivity contribution in [2.45, 2.75) is 39.3 Å². The van der Waals surface area contributed by atoms with Crippen LogP contribution in [0.15, 0.2) is 24.3 Å². The van der Waals surface area contributed by atoms with E-state index < -0.39 is 24.0 Å². The Hall–Kier alpha value is -2.55. The van der Waals surface area contributed by atoms with Crippen molar-refractivity contribution in [2.24, 2.45) is 5.92 Å². The fourth-order valence-electron chi connectivity index (χ4n) is 1.97. The third-order valence-electron chi connectivity index (χ3n) is 3.65. The fourth-order valence-corrected chi connectivity index (χ4v) is 1.97. The average Bonchev–Trinajstić information content (AvgIpc) is 2.58. The van der Waals surface area contributed by atoms with Gasteiger partial charge < -0.3 is 14.8 Å². The van der Waals surface area contributed by atoms with Crippen LogP contribution >= 0.6 is 0 Å². The summed E-state index contributed by atoms with van der Waals surface area (Å²) in [5.41, 5.74) is 0.346. The summed E-state index contributed by atoms with van der Waals surface area (Å²) in [6.45, 7) is 5.35. The lowest BCUT2D eigenvalue weighted by molar-refractivity contribution is -0.147. The van der Waals surface area contributed by atoms with Gasteiger partial charge in [0.25, 0.3) is 5.91 Å². The molecule has 0 unspecified atom stereocenters. The number of carbonyl (C=O) groups excluding carboxylic acids is 2. The molecule has 0 saturated carbocycles. The summed E-state index contributed by atoms with van der Waals surface area (Å²) in [5.74, 6) is -0.661. The minimum Gasteiger partial charge on any atom is -0.480 e. The quantitative estimate of drug-likeness (QED) is 0.777. The Morgan fingerprint density at radius 1 is 1.30 bits per heavy atom. The lowest BCUT2D eigenvalue weighted by Gasteiger charge is -2.24. The molecule has 0 radical (unpaired) electrons. The number of benzene rings is 1. The number of nitriles is 1. The van der Waals surface area contributed by atoms with Crippen LogP contribution in [-0.2, 0) is 14.3 Å². The SMILES string of the molecule is CC[C@H](C)[C@@H](NC(=O)[C@H](C)Oc1ccccc1C#N)C(=O)OC. The Morgan fingerprint density at radius 2 is 1.96 bits per heavy atom. The van der Waals surface area contributed by atoms with Gasteiger partial charge in [-0.25, -0.2) is 4.79 Å². The molecule has 124 valence electrons. The van der Waals surface area contributed by atoms with E-state index in [1.54, 1.807) is 31.2 Å². The summed E-state index contributed by atoms with van der Waals surface area (Å²) in [7, 11) is 1.28. The average molecular weight is 318 g/mol. The van der Waals surface area contributed by atoms with Gasteiger partial charge in [0.05, 0.1) is 12.7 Å². The van der Waals surface area contributed by atoms with Crippen LogP contribution in [0.5, 0.6) is 5.75 Å². The van der Waals surface area contributed by atoms with Gasteiger partial charge in [-0.1, -0.05) is 32.4 Å². The van der Waals surface area contributed by atoms with Gasteiger partial charge >= 0.3 is 5.97 Å². The van der Waals surface area contributed by atoms with E-state index in [2.05, 4.69) is 5.32 Å². The van der Waals surface area contributed by atoms with Crippen molar-refractivity contribution < 1.29 is 19.1 Å². The largest absolute Gasteiger partial charge is 0.480 e. The van der Waals surface area contributed by atoms with Crippen molar-refractivity contribution in [3.63, 3.8) is 0 Å². The molecule has 0 heterocycles. The molecule has 6 heteroatoms. The van der Waals surface area contributed by atoms with Crippen molar-refractivity contribution in [3.05, 3.63) is 29.8 Å². The van der Waals surface area contributed by atoms with E-state index in [1.807, 2.05) is 19.9 Å². The second-order valence-corrected chi connectivity index (χ2v) is 5.26. The first-order valence-corrected chi connectivity index (χ1v) is 7.48. The number of rotatable bonds is 7. The number of carbonyl (C=O) groups is 2. The predicted octanol–water partition coefficient (Wildman–Crippen LogP) is 2.03. The summed E-state index contributed by atoms with van der Waals surface area (Å²) in [6, 6.07) is 7.94. The van der Waals surface area contributed by atoms with Gasteiger partial charge in [-0.05, 0) is 25.0 Å². The van der Waals surface area contributed by atoms with E-state index in [4.69, 9.17) is 14.7 Å². The molecule has 0 aliphatic carbocycles. The Bertz CT molecular complexity index is 595. The zero-order valence-electron chi connectivity index (χ0n) is 13.8. The highest BCUT2D eigenvalue weighted by Crippen LogP contribution is 2.18. The van der Waals surface area contributed by atoms with Crippen LogP contribution in [0.3, 0.4) is 0 Å². The molecular formula is C17H22N2O4. The number of hydrogen-bond donors (Lipinski definition) is 1. The van der Waals surface area contributed by atoms with E-state index in [0.717, 1.165) is 0 Å². The number of nitrogens with zero attached hydrogens (tertiary/aromatic N) is 1. The second-order valence-electron chi connectivity index (χ2n) is 5.26. The molecular weight excluding hydrogens is 296 g/mol. The number of nitrogens with one attached hydrogen (secondary N) is 1. The first-order valence-electron chi connectivity index (χ1n) is 7.48. The van der Waals surface area contributed by atoms with Gasteiger partial charge in [0.15, 0.2) is 6.10 Å². The highest BCUT2D eigenvalue weighted by Gasteiger charge is 2.29. The standard InChI is InChI=1S/C17H22N2O4/c1-5-11(2)15(17(21)22-4)19-16(20)12(3)23-14-9-7-6-8-13(14)10-18/h6-9,11-12,15H,5H2,1-4H3,(H,19,20)/t11-,12-,15+/m0/s1. The molecule has 1 aromatic rings. The molecule has 0 aliphatic rings. The summed E-state index contributed by atoms with van der Waals surface area (Å²) in [5, 5.41) is 11.7. The van der Waals surface area contributed by atoms with Gasteiger partial charge in [0.1, 0.15) is 17.9 Å². The first kappa shape index (κ1) is 18.5. The van der Waals surface area contributed by atoms with Crippen LogP contribution in [0, 0.1) is 17.2 Å². The van der Waals surface area contributed by atoms with E-state index in [0.29, 0.717) is 17.7 Å². The molecule has 3 atom stereocenters. The van der Waals surface area contributed by atoms with Crippen molar-refractivity contribution >= 4 is 11.9 Å². The number of para-hydroxylation sites is 1. The molecule has 0 fully saturated rings. The van der Waals surface area contributed by atoms with Crippen LogP contribution in [0.25, 0.3) is 0 Å². The number of amides is 1. The van der Waals surface area contributed by atoms with E-state index in [1.165, 1.54) is 7.11 Å². The van der Waals surface area contributed by atoms with E-state index in [9.17, 15) is 9.59 Å². The van der Waals surface area contributed by atoms with Crippen molar-refractivity contribution in [2.75, 3.05) is 7.11 Å². The second kappa shape index (κ2) is 8.79. The summed E-state index contributed by atoms with van der Waals surface area (Å²) < 4.78 is 10.3. The third kappa shape index (κ3) is 4.99. The van der Waals surface area contributed by atoms with Gasteiger partial charge in [-0.3, -0.25) is 4.79 Å². The smallest absolute Gasteiger partial charge is 0.328 e. The Morgan fingerprint density at radius 3 is 2.52 bits per heavy atom.